The van der Waals surface area contributed by atoms with Crippen LogP contribution in [-0.4, -0.2) is 14.7 Å². The molecule has 0 fully saturated rings. The van der Waals surface area contributed by atoms with Crippen LogP contribution in [0.4, 0.5) is 0 Å². The molecule has 0 unspecified atom stereocenters. The fourth-order valence-electron chi connectivity index (χ4n) is 3.55. The van der Waals surface area contributed by atoms with Gasteiger partial charge in [-0.1, -0.05) is 53.7 Å². The molecule has 0 atom stereocenters. The Balaban J connectivity index is 1.81. The predicted octanol–water partition coefficient (Wildman–Crippen LogP) is 5.58. The molecule has 0 saturated heterocycles. The second kappa shape index (κ2) is 8.40. The van der Waals surface area contributed by atoms with Gasteiger partial charge in [0.15, 0.2) is 5.16 Å². The summed E-state index contributed by atoms with van der Waals surface area (Å²) in [5, 5.41) is 5.53. The zero-order valence-electron chi connectivity index (χ0n) is 17.9. The van der Waals surface area contributed by atoms with E-state index in [0.29, 0.717) is 12.3 Å². The number of hydrogen-bond donors (Lipinski definition) is 0. The summed E-state index contributed by atoms with van der Waals surface area (Å²) < 4.78 is 7.11. The fourth-order valence-corrected chi connectivity index (χ4v) is 5.86. The van der Waals surface area contributed by atoms with Crippen molar-refractivity contribution in [2.75, 3.05) is 0 Å². The number of thioether (sulfide) groups is 1. The molecule has 5 nitrogen and oxygen atoms in total. The molecular formula is C23H25N3O2S2. The Hall–Kier alpha value is -2.38. The highest BCUT2D eigenvalue weighted by atomic mass is 32.2. The molecule has 0 N–H and O–H groups in total. The molecule has 1 aromatic carbocycles. The summed E-state index contributed by atoms with van der Waals surface area (Å²) in [6.07, 6.45) is 0.909. The smallest absolute Gasteiger partial charge is 0.263 e. The Morgan fingerprint density at radius 2 is 1.87 bits per heavy atom. The van der Waals surface area contributed by atoms with E-state index in [1.165, 1.54) is 10.4 Å². The highest BCUT2D eigenvalue weighted by molar-refractivity contribution is 7.98. The van der Waals surface area contributed by atoms with Crippen molar-refractivity contribution in [3.8, 4) is 0 Å². The summed E-state index contributed by atoms with van der Waals surface area (Å²) in [7, 11) is 0. The Labute approximate surface area is 184 Å². The van der Waals surface area contributed by atoms with Gasteiger partial charge in [0.2, 0.25) is 0 Å². The van der Waals surface area contributed by atoms with Crippen LogP contribution in [-0.2, 0) is 18.7 Å². The lowest BCUT2D eigenvalue weighted by Gasteiger charge is -2.12. The van der Waals surface area contributed by atoms with E-state index in [9.17, 15) is 4.79 Å². The second-order valence-corrected chi connectivity index (χ2v) is 9.57. The first-order valence-corrected chi connectivity index (χ1v) is 11.8. The summed E-state index contributed by atoms with van der Waals surface area (Å²) in [6.45, 7) is 10.6. The molecule has 3 heterocycles. The second-order valence-electron chi connectivity index (χ2n) is 7.55. The topological polar surface area (TPSA) is 60.9 Å². The molecule has 0 aliphatic carbocycles. The number of nitrogens with zero attached hydrogens (tertiary/aromatic N) is 3. The standard InChI is InChI=1S/C23H25N3O2S2/c1-6-19-14(3)20-21(30-19)24-23(29-12-18-15(4)25-28-16(18)5)26(22(20)27)11-17-9-7-13(2)8-10-17/h7-10H,6,11-12H2,1-5H3. The van der Waals surface area contributed by atoms with Crippen molar-refractivity contribution in [2.24, 2.45) is 0 Å². The van der Waals surface area contributed by atoms with Crippen molar-refractivity contribution in [3.05, 3.63) is 73.2 Å². The zero-order chi connectivity index (χ0) is 21.4. The van der Waals surface area contributed by atoms with Gasteiger partial charge in [-0.2, -0.15) is 0 Å². The summed E-state index contributed by atoms with van der Waals surface area (Å²) >= 11 is 3.20. The first-order chi connectivity index (χ1) is 14.4. The Morgan fingerprint density at radius 1 is 1.13 bits per heavy atom. The van der Waals surface area contributed by atoms with Gasteiger partial charge in [0, 0.05) is 16.2 Å². The summed E-state index contributed by atoms with van der Waals surface area (Å²) in [5.41, 5.74) is 5.34. The van der Waals surface area contributed by atoms with E-state index in [2.05, 4.69) is 43.3 Å². The van der Waals surface area contributed by atoms with Gasteiger partial charge in [-0.3, -0.25) is 9.36 Å². The highest BCUT2D eigenvalue weighted by Gasteiger charge is 2.19. The normalized spacial score (nSPS) is 11.5. The van der Waals surface area contributed by atoms with Crippen LogP contribution in [0.15, 0.2) is 38.7 Å². The Bertz CT molecular complexity index is 1250. The third-order valence-electron chi connectivity index (χ3n) is 5.42. The molecular weight excluding hydrogens is 414 g/mol. The van der Waals surface area contributed by atoms with E-state index in [0.717, 1.165) is 49.9 Å². The van der Waals surface area contributed by atoms with Crippen molar-refractivity contribution in [2.45, 2.75) is 58.5 Å². The number of thiophene rings is 1. The molecule has 4 rings (SSSR count). The maximum atomic E-state index is 13.6. The number of hydrogen-bond acceptors (Lipinski definition) is 6. The lowest BCUT2D eigenvalue weighted by atomic mass is 10.1. The van der Waals surface area contributed by atoms with Crippen LogP contribution in [0.25, 0.3) is 10.2 Å². The van der Waals surface area contributed by atoms with Crippen LogP contribution in [0, 0.1) is 27.7 Å². The van der Waals surface area contributed by atoms with E-state index < -0.39 is 0 Å². The highest BCUT2D eigenvalue weighted by Crippen LogP contribution is 2.31. The summed E-state index contributed by atoms with van der Waals surface area (Å²) in [4.78, 5) is 20.5. The molecule has 0 amide bonds. The molecule has 0 spiro atoms. The monoisotopic (exact) mass is 439 g/mol. The lowest BCUT2D eigenvalue weighted by Crippen LogP contribution is -2.24. The number of aryl methyl sites for hydroxylation is 5. The van der Waals surface area contributed by atoms with E-state index in [-0.39, 0.29) is 5.56 Å². The maximum Gasteiger partial charge on any atom is 0.263 e. The SMILES string of the molecule is CCc1sc2nc(SCc3c(C)noc3C)n(Cc3ccc(C)cc3)c(=O)c2c1C. The van der Waals surface area contributed by atoms with E-state index in [4.69, 9.17) is 9.51 Å². The number of aromatic nitrogens is 3. The van der Waals surface area contributed by atoms with Crippen molar-refractivity contribution < 1.29 is 4.52 Å². The minimum absolute atomic E-state index is 0.0373. The van der Waals surface area contributed by atoms with E-state index in [1.807, 2.05) is 25.3 Å². The summed E-state index contributed by atoms with van der Waals surface area (Å²) in [6, 6.07) is 8.31. The average molecular weight is 440 g/mol. The number of fused-ring (bicyclic) bond motifs is 1. The van der Waals surface area contributed by atoms with Gasteiger partial charge in [-0.15, -0.1) is 11.3 Å². The first-order valence-electron chi connectivity index (χ1n) is 10.0. The van der Waals surface area contributed by atoms with Crippen LogP contribution in [0.3, 0.4) is 0 Å². The fraction of sp³-hybridized carbons (Fsp3) is 0.348. The quantitative estimate of drug-likeness (QED) is 0.290. The minimum atomic E-state index is 0.0373. The van der Waals surface area contributed by atoms with Gasteiger partial charge < -0.3 is 4.52 Å². The third-order valence-corrected chi connectivity index (χ3v) is 7.76. The van der Waals surface area contributed by atoms with E-state index >= 15 is 0 Å². The Morgan fingerprint density at radius 3 is 2.50 bits per heavy atom. The first kappa shape index (κ1) is 20.9. The van der Waals surface area contributed by atoms with Gasteiger partial charge in [0.25, 0.3) is 5.56 Å². The number of rotatable bonds is 6. The van der Waals surface area contributed by atoms with Crippen LogP contribution >= 0.6 is 23.1 Å². The van der Waals surface area contributed by atoms with Crippen LogP contribution in [0.2, 0.25) is 0 Å². The van der Waals surface area contributed by atoms with Crippen LogP contribution < -0.4 is 5.56 Å². The van der Waals surface area contributed by atoms with Crippen molar-refractivity contribution >= 4 is 33.3 Å². The van der Waals surface area contributed by atoms with Crippen LogP contribution in [0.1, 0.15) is 45.5 Å². The summed E-state index contributed by atoms with van der Waals surface area (Å²) in [5.74, 6) is 1.48. The number of benzene rings is 1. The lowest BCUT2D eigenvalue weighted by molar-refractivity contribution is 0.392. The third kappa shape index (κ3) is 3.84. The molecule has 0 aliphatic heterocycles. The molecule has 3 aromatic heterocycles. The van der Waals surface area contributed by atoms with Gasteiger partial charge in [0.1, 0.15) is 10.6 Å². The molecule has 0 bridgehead atoms. The van der Waals surface area contributed by atoms with Gasteiger partial charge >= 0.3 is 0 Å². The largest absolute Gasteiger partial charge is 0.361 e. The van der Waals surface area contributed by atoms with Crippen LogP contribution in [0.5, 0.6) is 0 Å². The molecule has 156 valence electrons. The van der Waals surface area contributed by atoms with Gasteiger partial charge in [-0.05, 0) is 45.2 Å². The average Bonchev–Trinajstić information content (AvgIpc) is 3.22. The Kier molecular flexibility index (Phi) is 5.84. The maximum absolute atomic E-state index is 13.6. The molecule has 30 heavy (non-hydrogen) atoms. The predicted molar refractivity (Wildman–Crippen MR) is 124 cm³/mol. The molecule has 7 heteroatoms. The molecule has 0 radical (unpaired) electrons. The molecule has 0 aliphatic rings. The van der Waals surface area contributed by atoms with Crippen molar-refractivity contribution in [1.29, 1.82) is 0 Å². The van der Waals surface area contributed by atoms with Crippen molar-refractivity contribution in [3.63, 3.8) is 0 Å². The van der Waals surface area contributed by atoms with Crippen molar-refractivity contribution in [1.82, 2.24) is 14.7 Å². The molecule has 4 aromatic rings. The molecule has 0 saturated carbocycles. The zero-order valence-corrected chi connectivity index (χ0v) is 19.5. The van der Waals surface area contributed by atoms with Gasteiger partial charge in [0.05, 0.1) is 17.6 Å². The van der Waals surface area contributed by atoms with Gasteiger partial charge in [-0.25, -0.2) is 4.98 Å². The minimum Gasteiger partial charge on any atom is -0.361 e. The van der Waals surface area contributed by atoms with E-state index in [1.54, 1.807) is 23.1 Å².